The Morgan fingerprint density at radius 2 is 2.20 bits per heavy atom. The van der Waals surface area contributed by atoms with Crippen molar-refractivity contribution in [1.29, 1.82) is 0 Å². The highest BCUT2D eigenvalue weighted by atomic mass is 79.9. The van der Waals surface area contributed by atoms with Crippen LogP contribution < -0.4 is 0 Å². The number of rotatable bonds is 2. The van der Waals surface area contributed by atoms with Crippen LogP contribution in [-0.4, -0.2) is 9.78 Å². The van der Waals surface area contributed by atoms with Gasteiger partial charge in [0.2, 0.25) is 0 Å². The molecule has 0 atom stereocenters. The van der Waals surface area contributed by atoms with Crippen molar-refractivity contribution in [2.45, 2.75) is 13.3 Å². The Hall–Kier alpha value is -0.870. The van der Waals surface area contributed by atoms with Crippen molar-refractivity contribution in [1.82, 2.24) is 9.78 Å². The van der Waals surface area contributed by atoms with E-state index in [0.29, 0.717) is 0 Å². The lowest BCUT2D eigenvalue weighted by atomic mass is 10.3. The lowest BCUT2D eigenvalue weighted by Crippen LogP contribution is -1.96. The molecule has 0 saturated heterocycles. The van der Waals surface area contributed by atoms with Gasteiger partial charge in [0.05, 0.1) is 5.69 Å². The molecule has 2 aromatic rings. The number of aryl methyl sites for hydroxylation is 1. The molecular weight excluding hydrogens is 272 g/mol. The van der Waals surface area contributed by atoms with Crippen LogP contribution in [0.1, 0.15) is 12.6 Å². The van der Waals surface area contributed by atoms with Crippen LogP contribution in [0.4, 0.5) is 0 Å². The molecule has 78 valence electrons. The third-order valence-electron chi connectivity index (χ3n) is 2.22. The summed E-state index contributed by atoms with van der Waals surface area (Å²) in [5, 5.41) is 3.27. The molecule has 0 aliphatic heterocycles. The molecular formula is C11H11BrN2S. The van der Waals surface area contributed by atoms with Crippen LogP contribution in [0.3, 0.4) is 0 Å². The molecule has 0 aliphatic carbocycles. The lowest BCUT2D eigenvalue weighted by molar-refractivity contribution is 0.833. The van der Waals surface area contributed by atoms with E-state index in [4.69, 9.17) is 12.2 Å². The monoisotopic (exact) mass is 282 g/mol. The van der Waals surface area contributed by atoms with Crippen LogP contribution in [0.25, 0.3) is 5.69 Å². The van der Waals surface area contributed by atoms with Crippen molar-refractivity contribution in [2.75, 3.05) is 0 Å². The molecule has 1 heterocycles. The smallest absolute Gasteiger partial charge is 0.127 e. The standard InChI is InChI=1S/C11H11BrN2S/c1-2-9-7-11(15)14(13-9)10-5-3-4-8(12)6-10/h3-7,13H,2H2,1H3. The van der Waals surface area contributed by atoms with E-state index in [1.54, 1.807) is 0 Å². The Morgan fingerprint density at radius 3 is 2.80 bits per heavy atom. The number of aromatic nitrogens is 2. The van der Waals surface area contributed by atoms with E-state index in [-0.39, 0.29) is 0 Å². The van der Waals surface area contributed by atoms with Crippen LogP contribution in [-0.2, 0) is 6.42 Å². The van der Waals surface area contributed by atoms with Crippen molar-refractivity contribution in [2.24, 2.45) is 0 Å². The second-order valence-electron chi connectivity index (χ2n) is 3.29. The van der Waals surface area contributed by atoms with Gasteiger partial charge in [-0.1, -0.05) is 41.1 Å². The van der Waals surface area contributed by atoms with Crippen molar-refractivity contribution in [3.63, 3.8) is 0 Å². The van der Waals surface area contributed by atoms with E-state index >= 15 is 0 Å². The van der Waals surface area contributed by atoms with E-state index < -0.39 is 0 Å². The summed E-state index contributed by atoms with van der Waals surface area (Å²) in [6.45, 7) is 2.10. The molecule has 1 aromatic carbocycles. The Labute approximate surface area is 102 Å². The molecule has 0 aliphatic rings. The summed E-state index contributed by atoms with van der Waals surface area (Å²) in [4.78, 5) is 0. The number of aromatic amines is 1. The van der Waals surface area contributed by atoms with Gasteiger partial charge >= 0.3 is 0 Å². The maximum Gasteiger partial charge on any atom is 0.127 e. The topological polar surface area (TPSA) is 20.7 Å². The Bertz CT molecular complexity index is 527. The molecule has 15 heavy (non-hydrogen) atoms. The Morgan fingerprint density at radius 1 is 1.40 bits per heavy atom. The van der Waals surface area contributed by atoms with Gasteiger partial charge in [-0.2, -0.15) is 0 Å². The normalized spacial score (nSPS) is 10.5. The fraction of sp³-hybridized carbons (Fsp3) is 0.182. The van der Waals surface area contributed by atoms with Gasteiger partial charge in [0.25, 0.3) is 0 Å². The van der Waals surface area contributed by atoms with Gasteiger partial charge in [0.1, 0.15) is 4.64 Å². The molecule has 0 saturated carbocycles. The maximum absolute atomic E-state index is 5.28. The van der Waals surface area contributed by atoms with Gasteiger partial charge in [-0.15, -0.1) is 0 Å². The summed E-state index contributed by atoms with van der Waals surface area (Å²) in [6, 6.07) is 10.0. The molecule has 0 radical (unpaired) electrons. The van der Waals surface area contributed by atoms with E-state index in [0.717, 1.165) is 26.9 Å². The largest absolute Gasteiger partial charge is 0.297 e. The molecule has 0 unspecified atom stereocenters. The molecule has 4 heteroatoms. The van der Waals surface area contributed by atoms with Crippen LogP contribution in [0.2, 0.25) is 0 Å². The Balaban J connectivity index is 2.54. The number of nitrogens with zero attached hydrogens (tertiary/aromatic N) is 1. The highest BCUT2D eigenvalue weighted by molar-refractivity contribution is 9.10. The summed E-state index contributed by atoms with van der Waals surface area (Å²) in [5.41, 5.74) is 2.20. The molecule has 1 aromatic heterocycles. The first-order valence-corrected chi connectivity index (χ1v) is 5.97. The van der Waals surface area contributed by atoms with E-state index in [1.165, 1.54) is 0 Å². The predicted molar refractivity (Wildman–Crippen MR) is 68.0 cm³/mol. The molecule has 1 N–H and O–H groups in total. The highest BCUT2D eigenvalue weighted by Gasteiger charge is 2.01. The number of H-pyrrole nitrogens is 1. The second kappa shape index (κ2) is 4.33. The van der Waals surface area contributed by atoms with Crippen molar-refractivity contribution < 1.29 is 0 Å². The van der Waals surface area contributed by atoms with E-state index in [2.05, 4.69) is 28.0 Å². The third-order valence-corrected chi connectivity index (χ3v) is 3.01. The zero-order chi connectivity index (χ0) is 10.8. The number of benzene rings is 1. The summed E-state index contributed by atoms with van der Waals surface area (Å²) < 4.78 is 3.78. The fourth-order valence-corrected chi connectivity index (χ4v) is 2.11. The maximum atomic E-state index is 5.28. The van der Waals surface area contributed by atoms with E-state index in [9.17, 15) is 0 Å². The van der Waals surface area contributed by atoms with Gasteiger partial charge in [-0.3, -0.25) is 5.10 Å². The minimum atomic E-state index is 0.810. The summed E-state index contributed by atoms with van der Waals surface area (Å²) >= 11 is 8.73. The highest BCUT2D eigenvalue weighted by Crippen LogP contribution is 2.16. The average Bonchev–Trinajstić information content (AvgIpc) is 2.60. The zero-order valence-corrected chi connectivity index (χ0v) is 10.7. The molecule has 0 bridgehead atoms. The Kier molecular flexibility index (Phi) is 3.07. The number of nitrogens with one attached hydrogen (secondary N) is 1. The van der Waals surface area contributed by atoms with Crippen LogP contribution in [0, 0.1) is 4.64 Å². The quantitative estimate of drug-likeness (QED) is 0.830. The predicted octanol–water partition coefficient (Wildman–Crippen LogP) is 3.86. The summed E-state index contributed by atoms with van der Waals surface area (Å²) in [6.07, 6.45) is 0.963. The zero-order valence-electron chi connectivity index (χ0n) is 8.33. The van der Waals surface area contributed by atoms with Crippen LogP contribution in [0.15, 0.2) is 34.8 Å². The van der Waals surface area contributed by atoms with Crippen molar-refractivity contribution in [3.8, 4) is 5.69 Å². The van der Waals surface area contributed by atoms with Gasteiger partial charge in [0, 0.05) is 10.2 Å². The summed E-state index contributed by atoms with van der Waals surface area (Å²) in [7, 11) is 0. The average molecular weight is 283 g/mol. The first-order valence-electron chi connectivity index (χ1n) is 4.77. The molecule has 0 amide bonds. The van der Waals surface area contributed by atoms with Gasteiger partial charge < -0.3 is 0 Å². The van der Waals surface area contributed by atoms with Gasteiger partial charge in [0.15, 0.2) is 0 Å². The van der Waals surface area contributed by atoms with E-state index in [1.807, 2.05) is 35.0 Å². The lowest BCUT2D eigenvalue weighted by Gasteiger charge is -2.03. The minimum Gasteiger partial charge on any atom is -0.297 e. The van der Waals surface area contributed by atoms with Crippen LogP contribution >= 0.6 is 28.1 Å². The number of halogens is 1. The first kappa shape index (κ1) is 10.6. The van der Waals surface area contributed by atoms with Crippen molar-refractivity contribution >= 4 is 28.1 Å². The number of hydrogen-bond donors (Lipinski definition) is 1. The minimum absolute atomic E-state index is 0.810. The van der Waals surface area contributed by atoms with Crippen molar-refractivity contribution in [3.05, 3.63) is 45.1 Å². The molecule has 0 fully saturated rings. The SMILES string of the molecule is CCc1cc(=S)n(-c2cccc(Br)c2)[nH]1. The molecule has 2 nitrogen and oxygen atoms in total. The van der Waals surface area contributed by atoms with Gasteiger partial charge in [-0.05, 0) is 30.7 Å². The first-order chi connectivity index (χ1) is 7.20. The molecule has 2 rings (SSSR count). The summed E-state index contributed by atoms with van der Waals surface area (Å²) in [5.74, 6) is 0. The fourth-order valence-electron chi connectivity index (χ4n) is 1.43. The third kappa shape index (κ3) is 2.21. The second-order valence-corrected chi connectivity index (χ2v) is 4.62. The van der Waals surface area contributed by atoms with Crippen LogP contribution in [0.5, 0.6) is 0 Å². The molecule has 0 spiro atoms. The number of hydrogen-bond acceptors (Lipinski definition) is 1. The van der Waals surface area contributed by atoms with Gasteiger partial charge in [-0.25, -0.2) is 4.68 Å².